The van der Waals surface area contributed by atoms with Gasteiger partial charge in [0.1, 0.15) is 0 Å². The van der Waals surface area contributed by atoms with Crippen molar-refractivity contribution in [3.63, 3.8) is 0 Å². The fourth-order valence-electron chi connectivity index (χ4n) is 1.60. The second-order valence-electron chi connectivity index (χ2n) is 4.74. The molecule has 0 aliphatic carbocycles. The summed E-state index contributed by atoms with van der Waals surface area (Å²) in [6.07, 6.45) is 0.315. The van der Waals surface area contributed by atoms with E-state index >= 15 is 0 Å². The lowest BCUT2D eigenvalue weighted by Crippen LogP contribution is -2.01. The predicted molar refractivity (Wildman–Crippen MR) is 95.8 cm³/mol. The summed E-state index contributed by atoms with van der Waals surface area (Å²) in [5.41, 5.74) is 2.43. The molecule has 0 bridgehead atoms. The summed E-state index contributed by atoms with van der Waals surface area (Å²) in [7, 11) is 0. The topological polar surface area (TPSA) is 21.3 Å². The molecule has 1 N–H and O–H groups in total. The smallest absolute Gasteiger partial charge is 0.0720 e. The van der Waals surface area contributed by atoms with Gasteiger partial charge in [0.05, 0.1) is 12.7 Å². The molecule has 0 amide bonds. The Hall–Kier alpha value is -1.80. The number of para-hydroxylation sites is 1. The second kappa shape index (κ2) is 12.0. The number of ether oxygens (including phenoxy) is 1. The molecule has 0 spiro atoms. The van der Waals surface area contributed by atoms with Gasteiger partial charge in [-0.15, -0.1) is 0 Å². The molecule has 21 heavy (non-hydrogen) atoms. The zero-order valence-electron chi connectivity index (χ0n) is 12.7. The fourth-order valence-corrected chi connectivity index (χ4v) is 1.60. The zero-order valence-corrected chi connectivity index (χ0v) is 12.7. The van der Waals surface area contributed by atoms with Crippen molar-refractivity contribution in [1.82, 2.24) is 0 Å². The van der Waals surface area contributed by atoms with E-state index in [0.29, 0.717) is 6.10 Å². The number of hydrogen-bond acceptors (Lipinski definition) is 2. The van der Waals surface area contributed by atoms with Crippen molar-refractivity contribution >= 4 is 5.69 Å². The molecule has 0 radical (unpaired) electrons. The molecule has 0 saturated carbocycles. The third-order valence-corrected chi connectivity index (χ3v) is 2.58. The summed E-state index contributed by atoms with van der Waals surface area (Å²) in [4.78, 5) is 0. The Morgan fingerprint density at radius 1 is 0.952 bits per heavy atom. The molecule has 2 nitrogen and oxygen atoms in total. The first kappa shape index (κ1) is 19.2. The molecule has 0 aliphatic rings. The summed E-state index contributed by atoms with van der Waals surface area (Å²) in [6, 6.07) is 20.4. The van der Waals surface area contributed by atoms with E-state index in [2.05, 4.69) is 36.5 Å². The van der Waals surface area contributed by atoms with Crippen LogP contribution in [0.15, 0.2) is 60.7 Å². The van der Waals surface area contributed by atoms with Gasteiger partial charge in [0, 0.05) is 13.7 Å². The summed E-state index contributed by atoms with van der Waals surface area (Å²) < 4.78 is 5.43. The largest absolute Gasteiger partial charge is 0.385 e. The fraction of sp³-hybridized carbons (Fsp3) is 0.368. The first-order valence-corrected chi connectivity index (χ1v) is 7.16. The normalized spacial score (nSPS) is 9.33. The van der Waals surface area contributed by atoms with Gasteiger partial charge >= 0.3 is 0 Å². The van der Waals surface area contributed by atoms with Gasteiger partial charge in [0.25, 0.3) is 0 Å². The molecule has 0 aromatic heterocycles. The molecular weight excluding hydrogens is 258 g/mol. The van der Waals surface area contributed by atoms with Crippen molar-refractivity contribution in [1.29, 1.82) is 0 Å². The van der Waals surface area contributed by atoms with Crippen molar-refractivity contribution in [2.75, 3.05) is 11.9 Å². The molecule has 118 valence electrons. The highest BCUT2D eigenvalue weighted by Crippen LogP contribution is 2.03. The van der Waals surface area contributed by atoms with Crippen LogP contribution in [0.2, 0.25) is 0 Å². The van der Waals surface area contributed by atoms with E-state index in [1.807, 2.05) is 50.2 Å². The van der Waals surface area contributed by atoms with Crippen molar-refractivity contribution in [3.8, 4) is 0 Å². The Kier molecular flexibility index (Phi) is 11.0. The van der Waals surface area contributed by atoms with Crippen molar-refractivity contribution in [2.24, 2.45) is 0 Å². The molecule has 2 aromatic rings. The highest BCUT2D eigenvalue weighted by molar-refractivity contribution is 5.41. The van der Waals surface area contributed by atoms with Crippen LogP contribution in [0.25, 0.3) is 0 Å². The van der Waals surface area contributed by atoms with Gasteiger partial charge in [-0.05, 0) is 38.5 Å². The molecular formula is C19H31NO. The number of hydrogen-bond donors (Lipinski definition) is 1. The second-order valence-corrected chi connectivity index (χ2v) is 4.74. The van der Waals surface area contributed by atoms with Gasteiger partial charge in [-0.3, -0.25) is 0 Å². The number of anilines is 1. The lowest BCUT2D eigenvalue weighted by atomic mass is 10.2. The van der Waals surface area contributed by atoms with Crippen LogP contribution in [0.1, 0.15) is 35.2 Å². The van der Waals surface area contributed by atoms with E-state index < -0.39 is 0 Å². The van der Waals surface area contributed by atoms with Crippen LogP contribution in [-0.4, -0.2) is 12.6 Å². The molecule has 0 saturated heterocycles. The Morgan fingerprint density at radius 2 is 1.48 bits per heavy atom. The molecule has 0 unspecified atom stereocenters. The Balaban J connectivity index is 0. The van der Waals surface area contributed by atoms with Gasteiger partial charge in [0.15, 0.2) is 0 Å². The zero-order chi connectivity index (χ0) is 14.6. The lowest BCUT2D eigenvalue weighted by Gasteiger charge is -2.06. The predicted octanol–water partition coefficient (Wildman–Crippen LogP) is 5.61. The molecule has 0 fully saturated rings. The average molecular weight is 289 g/mol. The quantitative estimate of drug-likeness (QED) is 0.772. The van der Waals surface area contributed by atoms with Crippen LogP contribution < -0.4 is 5.32 Å². The van der Waals surface area contributed by atoms with E-state index in [0.717, 1.165) is 13.2 Å². The number of benzene rings is 2. The molecule has 2 aromatic carbocycles. The van der Waals surface area contributed by atoms with E-state index in [9.17, 15) is 0 Å². The van der Waals surface area contributed by atoms with Gasteiger partial charge in [-0.25, -0.2) is 0 Å². The van der Waals surface area contributed by atoms with Crippen LogP contribution in [0, 0.1) is 0 Å². The van der Waals surface area contributed by atoms with Gasteiger partial charge in [-0.1, -0.05) is 56.0 Å². The van der Waals surface area contributed by atoms with Crippen molar-refractivity contribution in [3.05, 3.63) is 66.2 Å². The molecule has 2 rings (SSSR count). The summed E-state index contributed by atoms with van der Waals surface area (Å²) >= 11 is 0. The van der Waals surface area contributed by atoms with Crippen LogP contribution in [0.4, 0.5) is 5.69 Å². The maximum absolute atomic E-state index is 5.43. The third-order valence-electron chi connectivity index (χ3n) is 2.58. The Bertz CT molecular complexity index is 446. The van der Waals surface area contributed by atoms with Gasteiger partial charge < -0.3 is 10.1 Å². The SMILES string of the molecule is C.CC(C)OCc1ccccc1.CCNc1ccccc1.[HH]. The van der Waals surface area contributed by atoms with Crippen molar-refractivity contribution in [2.45, 2.75) is 40.9 Å². The lowest BCUT2D eigenvalue weighted by molar-refractivity contribution is 0.0657. The van der Waals surface area contributed by atoms with E-state index in [1.54, 1.807) is 0 Å². The first-order chi connectivity index (χ1) is 9.72. The third kappa shape index (κ3) is 9.69. The number of rotatable bonds is 5. The molecule has 0 heterocycles. The monoisotopic (exact) mass is 289 g/mol. The van der Waals surface area contributed by atoms with Crippen molar-refractivity contribution < 1.29 is 6.16 Å². The van der Waals surface area contributed by atoms with Crippen LogP contribution in [0.3, 0.4) is 0 Å². The maximum Gasteiger partial charge on any atom is 0.0720 e. The standard InChI is InChI=1S/C10H14O.C8H11N.CH4.H2/c1-9(2)11-8-10-6-4-3-5-7-10;1-2-9-8-6-4-3-5-7-8;;/h3-7,9H,8H2,1-2H3;3-7,9H,2H2,1H3;1H4;1H. The highest BCUT2D eigenvalue weighted by Gasteiger charge is 1.93. The van der Waals surface area contributed by atoms with Crippen LogP contribution in [0.5, 0.6) is 0 Å². The van der Waals surface area contributed by atoms with Gasteiger partial charge in [-0.2, -0.15) is 0 Å². The Morgan fingerprint density at radius 3 is 1.95 bits per heavy atom. The van der Waals surface area contributed by atoms with Crippen LogP contribution in [-0.2, 0) is 11.3 Å². The summed E-state index contributed by atoms with van der Waals surface area (Å²) in [5, 5.41) is 3.21. The Labute approximate surface area is 131 Å². The van der Waals surface area contributed by atoms with E-state index in [-0.39, 0.29) is 8.85 Å². The highest BCUT2D eigenvalue weighted by atomic mass is 16.5. The first-order valence-electron chi connectivity index (χ1n) is 7.16. The summed E-state index contributed by atoms with van der Waals surface area (Å²) in [5.74, 6) is 0. The minimum absolute atomic E-state index is 0. The van der Waals surface area contributed by atoms with E-state index in [4.69, 9.17) is 4.74 Å². The molecule has 0 aliphatic heterocycles. The van der Waals surface area contributed by atoms with E-state index in [1.165, 1.54) is 11.3 Å². The van der Waals surface area contributed by atoms with Crippen LogP contribution >= 0.6 is 0 Å². The molecule has 2 heteroatoms. The minimum Gasteiger partial charge on any atom is -0.385 e. The molecule has 0 atom stereocenters. The van der Waals surface area contributed by atoms with Gasteiger partial charge in [0.2, 0.25) is 0 Å². The number of nitrogens with one attached hydrogen (secondary N) is 1. The average Bonchev–Trinajstić information content (AvgIpc) is 2.48. The maximum atomic E-state index is 5.43. The summed E-state index contributed by atoms with van der Waals surface area (Å²) in [6.45, 7) is 7.89. The minimum atomic E-state index is 0.